The monoisotopic (exact) mass is 363 g/mol. The first-order valence-electron chi connectivity index (χ1n) is 9.15. The molecular formula is C19H23F2N3O2. The summed E-state index contributed by atoms with van der Waals surface area (Å²) in [7, 11) is 0. The van der Waals surface area contributed by atoms with Crippen LogP contribution in [-0.4, -0.2) is 59.1 Å². The average molecular weight is 363 g/mol. The lowest BCUT2D eigenvalue weighted by Gasteiger charge is -2.50. The van der Waals surface area contributed by atoms with Gasteiger partial charge in [-0.1, -0.05) is 12.1 Å². The van der Waals surface area contributed by atoms with Crippen molar-refractivity contribution in [3.05, 3.63) is 35.6 Å². The molecule has 3 amide bonds. The molecule has 1 aromatic carbocycles. The van der Waals surface area contributed by atoms with Gasteiger partial charge < -0.3 is 15.1 Å². The first-order chi connectivity index (χ1) is 12.4. The lowest BCUT2D eigenvalue weighted by atomic mass is 9.86. The molecule has 3 aliphatic rings. The van der Waals surface area contributed by atoms with Crippen molar-refractivity contribution in [3.8, 4) is 0 Å². The summed E-state index contributed by atoms with van der Waals surface area (Å²) in [5.41, 5.74) is -0.811. The summed E-state index contributed by atoms with van der Waals surface area (Å²) in [6.07, 6.45) is 2.12. The maximum absolute atomic E-state index is 15.1. The number of halogens is 2. The van der Waals surface area contributed by atoms with Gasteiger partial charge in [0, 0.05) is 39.0 Å². The second kappa shape index (κ2) is 6.21. The molecular weight excluding hydrogens is 340 g/mol. The van der Waals surface area contributed by atoms with Gasteiger partial charge in [-0.3, -0.25) is 4.79 Å². The summed E-state index contributed by atoms with van der Waals surface area (Å²) in [5, 5.41) is 2.96. The Kier molecular flexibility index (Phi) is 4.12. The SMILES string of the molecule is O=C1CCC2(CN(C(=O)N3CCC(F)(Cc4ccc(F)cc4)CC3)C2)N1. The third kappa shape index (κ3) is 3.27. The standard InChI is InChI=1S/C19H23F2N3O2/c20-15-3-1-14(2-4-15)11-18(21)7-9-23(10-8-18)17(26)24-12-19(13-24)6-5-16(25)22-19/h1-4H,5-13H2,(H,22,25). The number of alkyl halides is 1. The molecule has 140 valence electrons. The number of carbonyl (C=O) groups is 2. The number of hydrogen-bond acceptors (Lipinski definition) is 2. The van der Waals surface area contributed by atoms with Crippen molar-refractivity contribution in [3.63, 3.8) is 0 Å². The molecule has 3 heterocycles. The van der Waals surface area contributed by atoms with Crippen molar-refractivity contribution in [1.29, 1.82) is 0 Å². The number of urea groups is 1. The predicted octanol–water partition coefficient (Wildman–Crippen LogP) is 2.26. The number of benzene rings is 1. The van der Waals surface area contributed by atoms with Crippen LogP contribution in [0.4, 0.5) is 13.6 Å². The molecule has 26 heavy (non-hydrogen) atoms. The number of carbonyl (C=O) groups excluding carboxylic acids is 2. The summed E-state index contributed by atoms with van der Waals surface area (Å²) in [6, 6.07) is 5.85. The number of nitrogens with one attached hydrogen (secondary N) is 1. The van der Waals surface area contributed by atoms with Crippen LogP contribution < -0.4 is 5.32 Å². The van der Waals surface area contributed by atoms with Gasteiger partial charge in [0.25, 0.3) is 0 Å². The van der Waals surface area contributed by atoms with Gasteiger partial charge in [-0.25, -0.2) is 13.6 Å². The van der Waals surface area contributed by atoms with Crippen LogP contribution in [0.2, 0.25) is 0 Å². The minimum atomic E-state index is -1.36. The summed E-state index contributed by atoms with van der Waals surface area (Å²) in [6.45, 7) is 1.85. The Bertz CT molecular complexity index is 708. The van der Waals surface area contributed by atoms with Crippen molar-refractivity contribution in [2.45, 2.75) is 43.3 Å². The molecule has 1 aromatic rings. The molecule has 3 aliphatic heterocycles. The van der Waals surface area contributed by atoms with Crippen LogP contribution in [0.5, 0.6) is 0 Å². The fraction of sp³-hybridized carbons (Fsp3) is 0.579. The highest BCUT2D eigenvalue weighted by Gasteiger charge is 2.50. The number of hydrogen-bond donors (Lipinski definition) is 1. The highest BCUT2D eigenvalue weighted by molar-refractivity contribution is 5.82. The van der Waals surface area contributed by atoms with Gasteiger partial charge in [-0.2, -0.15) is 0 Å². The van der Waals surface area contributed by atoms with E-state index in [1.54, 1.807) is 21.9 Å². The third-order valence-electron chi connectivity index (χ3n) is 5.86. The Morgan fingerprint density at radius 1 is 1.08 bits per heavy atom. The van der Waals surface area contributed by atoms with E-state index in [2.05, 4.69) is 5.32 Å². The Morgan fingerprint density at radius 3 is 2.31 bits per heavy atom. The van der Waals surface area contributed by atoms with Crippen molar-refractivity contribution < 1.29 is 18.4 Å². The van der Waals surface area contributed by atoms with Gasteiger partial charge in [0.15, 0.2) is 0 Å². The molecule has 3 fully saturated rings. The van der Waals surface area contributed by atoms with Crippen LogP contribution in [0.25, 0.3) is 0 Å². The zero-order valence-corrected chi connectivity index (χ0v) is 14.6. The molecule has 7 heteroatoms. The van der Waals surface area contributed by atoms with Crippen molar-refractivity contribution in [1.82, 2.24) is 15.1 Å². The van der Waals surface area contributed by atoms with E-state index in [0.29, 0.717) is 32.6 Å². The average Bonchev–Trinajstić information content (AvgIpc) is 2.98. The van der Waals surface area contributed by atoms with E-state index in [1.165, 1.54) is 12.1 Å². The molecule has 0 aromatic heterocycles. The molecule has 3 saturated heterocycles. The number of rotatable bonds is 2. The number of nitrogens with zero attached hydrogens (tertiary/aromatic N) is 2. The van der Waals surface area contributed by atoms with Crippen LogP contribution >= 0.6 is 0 Å². The van der Waals surface area contributed by atoms with Crippen LogP contribution in [0.1, 0.15) is 31.2 Å². The molecule has 0 saturated carbocycles. The van der Waals surface area contributed by atoms with Gasteiger partial charge in [0.05, 0.1) is 5.54 Å². The highest BCUT2D eigenvalue weighted by atomic mass is 19.1. The fourth-order valence-electron chi connectivity index (χ4n) is 4.27. The molecule has 0 aliphatic carbocycles. The van der Waals surface area contributed by atoms with Crippen LogP contribution in [0.3, 0.4) is 0 Å². The topological polar surface area (TPSA) is 52.7 Å². The van der Waals surface area contributed by atoms with Gasteiger partial charge in [0.2, 0.25) is 5.91 Å². The molecule has 4 rings (SSSR count). The van der Waals surface area contributed by atoms with Gasteiger partial charge in [0.1, 0.15) is 11.5 Å². The Balaban J connectivity index is 1.28. The van der Waals surface area contributed by atoms with Gasteiger partial charge in [-0.15, -0.1) is 0 Å². The van der Waals surface area contributed by atoms with E-state index < -0.39 is 5.67 Å². The third-order valence-corrected chi connectivity index (χ3v) is 5.86. The first kappa shape index (κ1) is 17.2. The van der Waals surface area contributed by atoms with Gasteiger partial charge in [-0.05, 0) is 37.0 Å². The zero-order valence-electron chi connectivity index (χ0n) is 14.6. The fourth-order valence-corrected chi connectivity index (χ4v) is 4.27. The number of piperidine rings is 1. The molecule has 0 unspecified atom stereocenters. The lowest BCUT2D eigenvalue weighted by molar-refractivity contribution is -0.120. The predicted molar refractivity (Wildman–Crippen MR) is 91.8 cm³/mol. The van der Waals surface area contributed by atoms with Crippen molar-refractivity contribution in [2.24, 2.45) is 0 Å². The second-order valence-electron chi connectivity index (χ2n) is 7.91. The smallest absolute Gasteiger partial charge is 0.320 e. The van der Waals surface area contributed by atoms with E-state index >= 15 is 4.39 Å². The first-order valence-corrected chi connectivity index (χ1v) is 9.15. The summed E-state index contributed by atoms with van der Waals surface area (Å²) >= 11 is 0. The van der Waals surface area contributed by atoms with Crippen LogP contribution in [-0.2, 0) is 11.2 Å². The van der Waals surface area contributed by atoms with E-state index in [9.17, 15) is 14.0 Å². The van der Waals surface area contributed by atoms with Crippen molar-refractivity contribution >= 4 is 11.9 Å². The maximum Gasteiger partial charge on any atom is 0.320 e. The van der Waals surface area contributed by atoms with Crippen molar-refractivity contribution in [2.75, 3.05) is 26.2 Å². The molecule has 1 spiro atoms. The van der Waals surface area contributed by atoms with E-state index in [-0.39, 0.29) is 42.6 Å². The zero-order chi connectivity index (χ0) is 18.4. The van der Waals surface area contributed by atoms with Crippen LogP contribution in [0.15, 0.2) is 24.3 Å². The van der Waals surface area contributed by atoms with Crippen LogP contribution in [0, 0.1) is 5.82 Å². The summed E-state index contributed by atoms with van der Waals surface area (Å²) in [4.78, 5) is 27.4. The summed E-state index contributed by atoms with van der Waals surface area (Å²) < 4.78 is 28.1. The molecule has 0 bridgehead atoms. The normalized spacial score (nSPS) is 23.7. The summed E-state index contributed by atoms with van der Waals surface area (Å²) in [5.74, 6) is -0.272. The Labute approximate surface area is 151 Å². The number of amides is 3. The quantitative estimate of drug-likeness (QED) is 0.876. The molecule has 0 atom stereocenters. The minimum absolute atomic E-state index is 0.0538. The van der Waals surface area contributed by atoms with E-state index in [4.69, 9.17) is 0 Å². The minimum Gasteiger partial charge on any atom is -0.347 e. The Morgan fingerprint density at radius 2 is 1.73 bits per heavy atom. The maximum atomic E-state index is 15.1. The molecule has 0 radical (unpaired) electrons. The van der Waals surface area contributed by atoms with E-state index in [0.717, 1.165) is 12.0 Å². The largest absolute Gasteiger partial charge is 0.347 e. The highest BCUT2D eigenvalue weighted by Crippen LogP contribution is 2.34. The molecule has 5 nitrogen and oxygen atoms in total. The Hall–Kier alpha value is -2.18. The molecule has 1 N–H and O–H groups in total. The number of likely N-dealkylation sites (tertiary alicyclic amines) is 2. The second-order valence-corrected chi connectivity index (χ2v) is 7.91. The van der Waals surface area contributed by atoms with Gasteiger partial charge >= 0.3 is 6.03 Å². The van der Waals surface area contributed by atoms with E-state index in [1.807, 2.05) is 0 Å². The lowest BCUT2D eigenvalue weighted by Crippen LogP contribution is -2.70.